The van der Waals surface area contributed by atoms with Gasteiger partial charge in [-0.05, 0) is 18.2 Å². The van der Waals surface area contributed by atoms with E-state index >= 15 is 0 Å². The van der Waals surface area contributed by atoms with Gasteiger partial charge in [0.25, 0.3) is 0 Å². The van der Waals surface area contributed by atoms with Crippen LogP contribution in [0.4, 0.5) is 22.0 Å². The lowest BCUT2D eigenvalue weighted by Crippen LogP contribution is -2.14. The summed E-state index contributed by atoms with van der Waals surface area (Å²) >= 11 is 5.60. The molecule has 110 valence electrons. The third-order valence-electron chi connectivity index (χ3n) is 2.73. The van der Waals surface area contributed by atoms with Gasteiger partial charge in [0.15, 0.2) is 17.4 Å². The van der Waals surface area contributed by atoms with Crippen molar-refractivity contribution in [3.8, 4) is 0 Å². The molecule has 2 aromatic rings. The predicted molar refractivity (Wildman–Crippen MR) is 66.2 cm³/mol. The molecule has 0 aliphatic rings. The standard InChI is InChI=1S/C14H6ClF5O/c15-10-6-12(17)11(16)5-8(10)13(21)7-3-1-2-4-9(7)14(18,19)20/h1-6H. The molecule has 0 fully saturated rings. The second-order valence-electron chi connectivity index (χ2n) is 4.12. The SMILES string of the molecule is O=C(c1cc(F)c(F)cc1Cl)c1ccccc1C(F)(F)F. The van der Waals surface area contributed by atoms with E-state index in [4.69, 9.17) is 11.6 Å². The molecule has 0 spiro atoms. The summed E-state index contributed by atoms with van der Waals surface area (Å²) in [7, 11) is 0. The van der Waals surface area contributed by atoms with Crippen molar-refractivity contribution in [1.82, 2.24) is 0 Å². The third kappa shape index (κ3) is 3.05. The van der Waals surface area contributed by atoms with Crippen LogP contribution in [0.15, 0.2) is 36.4 Å². The van der Waals surface area contributed by atoms with Gasteiger partial charge < -0.3 is 0 Å². The number of carbonyl (C=O) groups excluding carboxylic acids is 1. The smallest absolute Gasteiger partial charge is 0.289 e. The Morgan fingerprint density at radius 1 is 0.952 bits per heavy atom. The van der Waals surface area contributed by atoms with Crippen LogP contribution < -0.4 is 0 Å². The molecule has 21 heavy (non-hydrogen) atoms. The van der Waals surface area contributed by atoms with Gasteiger partial charge in [-0.25, -0.2) is 8.78 Å². The molecule has 0 aliphatic carbocycles. The van der Waals surface area contributed by atoms with Crippen LogP contribution in [-0.2, 0) is 6.18 Å². The number of alkyl halides is 3. The first kappa shape index (κ1) is 15.4. The van der Waals surface area contributed by atoms with Gasteiger partial charge in [0.05, 0.1) is 10.6 Å². The van der Waals surface area contributed by atoms with Crippen molar-refractivity contribution in [2.45, 2.75) is 6.18 Å². The lowest BCUT2D eigenvalue weighted by Gasteiger charge is -2.12. The Bertz CT molecular complexity index is 709. The zero-order valence-corrected chi connectivity index (χ0v) is 10.9. The van der Waals surface area contributed by atoms with E-state index < -0.39 is 45.3 Å². The first-order valence-corrected chi connectivity index (χ1v) is 5.95. The summed E-state index contributed by atoms with van der Waals surface area (Å²) < 4.78 is 64.7. The van der Waals surface area contributed by atoms with Crippen molar-refractivity contribution in [1.29, 1.82) is 0 Å². The van der Waals surface area contributed by atoms with Crippen LogP contribution in [0, 0.1) is 11.6 Å². The number of hydrogen-bond donors (Lipinski definition) is 0. The zero-order valence-electron chi connectivity index (χ0n) is 10.1. The minimum Gasteiger partial charge on any atom is -0.289 e. The Morgan fingerprint density at radius 3 is 2.14 bits per heavy atom. The van der Waals surface area contributed by atoms with Crippen molar-refractivity contribution in [3.63, 3.8) is 0 Å². The molecule has 1 nitrogen and oxygen atoms in total. The number of rotatable bonds is 2. The quantitative estimate of drug-likeness (QED) is 0.438. The lowest BCUT2D eigenvalue weighted by atomic mass is 9.98. The second-order valence-corrected chi connectivity index (χ2v) is 4.53. The summed E-state index contributed by atoms with van der Waals surface area (Å²) in [4.78, 5) is 12.1. The van der Waals surface area contributed by atoms with Gasteiger partial charge in [-0.2, -0.15) is 13.2 Å². The molecule has 0 amide bonds. The molecule has 0 aromatic heterocycles. The molecule has 0 atom stereocenters. The van der Waals surface area contributed by atoms with Gasteiger partial charge in [0.1, 0.15) is 0 Å². The Balaban J connectivity index is 2.59. The van der Waals surface area contributed by atoms with E-state index in [1.807, 2.05) is 0 Å². The fourth-order valence-electron chi connectivity index (χ4n) is 1.77. The topological polar surface area (TPSA) is 17.1 Å². The fourth-order valence-corrected chi connectivity index (χ4v) is 2.01. The fraction of sp³-hybridized carbons (Fsp3) is 0.0714. The molecule has 0 bridgehead atoms. The second kappa shape index (κ2) is 5.44. The number of hydrogen-bond acceptors (Lipinski definition) is 1. The van der Waals surface area contributed by atoms with Crippen molar-refractivity contribution in [2.24, 2.45) is 0 Å². The summed E-state index contributed by atoms with van der Waals surface area (Å²) in [5.74, 6) is -3.79. The maximum Gasteiger partial charge on any atom is 0.417 e. The average molecular weight is 321 g/mol. The van der Waals surface area contributed by atoms with E-state index in [1.54, 1.807) is 0 Å². The van der Waals surface area contributed by atoms with Crippen LogP contribution >= 0.6 is 11.6 Å². The average Bonchev–Trinajstić information content (AvgIpc) is 2.41. The molecular formula is C14H6ClF5O. The molecule has 0 unspecified atom stereocenters. The highest BCUT2D eigenvalue weighted by Crippen LogP contribution is 2.34. The summed E-state index contributed by atoms with van der Waals surface area (Å²) in [6.07, 6.45) is -4.75. The Kier molecular flexibility index (Phi) is 4.00. The van der Waals surface area contributed by atoms with Crippen LogP contribution in [0.2, 0.25) is 5.02 Å². The van der Waals surface area contributed by atoms with E-state index in [0.717, 1.165) is 18.2 Å². The van der Waals surface area contributed by atoms with Gasteiger partial charge >= 0.3 is 6.18 Å². The number of halogens is 6. The Morgan fingerprint density at radius 2 is 1.52 bits per heavy atom. The Labute approximate surface area is 121 Å². The van der Waals surface area contributed by atoms with Crippen molar-refractivity contribution in [2.75, 3.05) is 0 Å². The van der Waals surface area contributed by atoms with Gasteiger partial charge in [-0.3, -0.25) is 4.79 Å². The lowest BCUT2D eigenvalue weighted by molar-refractivity contribution is -0.137. The van der Waals surface area contributed by atoms with Gasteiger partial charge in [0.2, 0.25) is 0 Å². The highest BCUT2D eigenvalue weighted by molar-refractivity contribution is 6.35. The van der Waals surface area contributed by atoms with E-state index in [2.05, 4.69) is 0 Å². The molecule has 0 radical (unpaired) electrons. The van der Waals surface area contributed by atoms with Crippen LogP contribution in [0.3, 0.4) is 0 Å². The maximum absolute atomic E-state index is 13.2. The molecule has 2 aromatic carbocycles. The van der Waals surface area contributed by atoms with Crippen LogP contribution in [0.1, 0.15) is 21.5 Å². The van der Waals surface area contributed by atoms with E-state index in [1.165, 1.54) is 6.07 Å². The molecule has 0 saturated carbocycles. The first-order valence-electron chi connectivity index (χ1n) is 5.57. The monoisotopic (exact) mass is 320 g/mol. The summed E-state index contributed by atoms with van der Waals surface area (Å²) in [5.41, 5.74) is -2.39. The maximum atomic E-state index is 13.2. The largest absolute Gasteiger partial charge is 0.417 e. The first-order chi connectivity index (χ1) is 9.71. The van der Waals surface area contributed by atoms with Crippen molar-refractivity contribution in [3.05, 3.63) is 69.7 Å². The summed E-state index contributed by atoms with van der Waals surface area (Å²) in [6.45, 7) is 0. The summed E-state index contributed by atoms with van der Waals surface area (Å²) in [5, 5.41) is -0.462. The van der Waals surface area contributed by atoms with Crippen LogP contribution in [0.25, 0.3) is 0 Å². The molecule has 7 heteroatoms. The number of benzene rings is 2. The minimum absolute atomic E-state index is 0.462. The van der Waals surface area contributed by atoms with Gasteiger partial charge in [-0.15, -0.1) is 0 Å². The summed E-state index contributed by atoms with van der Waals surface area (Å²) in [6, 6.07) is 5.04. The third-order valence-corrected chi connectivity index (χ3v) is 3.04. The molecule has 0 saturated heterocycles. The highest BCUT2D eigenvalue weighted by atomic mass is 35.5. The zero-order chi connectivity index (χ0) is 15.8. The molecule has 0 N–H and O–H groups in total. The highest BCUT2D eigenvalue weighted by Gasteiger charge is 2.35. The molecule has 2 rings (SSSR count). The van der Waals surface area contributed by atoms with Crippen LogP contribution in [-0.4, -0.2) is 5.78 Å². The van der Waals surface area contributed by atoms with E-state index in [0.29, 0.717) is 12.1 Å². The van der Waals surface area contributed by atoms with Crippen molar-refractivity contribution < 1.29 is 26.7 Å². The van der Waals surface area contributed by atoms with Gasteiger partial charge in [-0.1, -0.05) is 29.8 Å². The van der Waals surface area contributed by atoms with Crippen molar-refractivity contribution >= 4 is 17.4 Å². The molecular weight excluding hydrogens is 315 g/mol. The molecule has 0 heterocycles. The van der Waals surface area contributed by atoms with E-state index in [9.17, 15) is 26.7 Å². The van der Waals surface area contributed by atoms with Crippen LogP contribution in [0.5, 0.6) is 0 Å². The normalized spacial score (nSPS) is 11.5. The molecule has 0 aliphatic heterocycles. The van der Waals surface area contributed by atoms with E-state index in [-0.39, 0.29) is 0 Å². The Hall–Kier alpha value is -1.95. The number of ketones is 1. The van der Waals surface area contributed by atoms with Gasteiger partial charge in [0, 0.05) is 11.1 Å². The predicted octanol–water partition coefficient (Wildman–Crippen LogP) is 4.87. The number of carbonyl (C=O) groups is 1. The minimum atomic E-state index is -4.75.